The first kappa shape index (κ1) is 25.6. The molecule has 3 N–H and O–H groups in total. The summed E-state index contributed by atoms with van der Waals surface area (Å²) in [6.45, 7) is 0.320. The molecule has 4 aromatic rings. The van der Waals surface area contributed by atoms with Gasteiger partial charge in [-0.1, -0.05) is 12.1 Å². The van der Waals surface area contributed by atoms with E-state index in [1.807, 2.05) is 6.07 Å². The van der Waals surface area contributed by atoms with E-state index in [0.717, 1.165) is 17.8 Å². The average molecular weight is 509 g/mol. The number of fused-ring (bicyclic) bond motifs is 1. The number of carbonyl (C=O) groups excluding carboxylic acids is 1. The summed E-state index contributed by atoms with van der Waals surface area (Å²) in [5, 5.41) is 23.6. The second kappa shape index (κ2) is 11.0. The van der Waals surface area contributed by atoms with Crippen molar-refractivity contribution in [1.82, 2.24) is 24.7 Å². The largest absolute Gasteiger partial charge is 0.416 e. The highest BCUT2D eigenvalue weighted by Gasteiger charge is 2.30. The predicted molar refractivity (Wildman–Crippen MR) is 129 cm³/mol. The van der Waals surface area contributed by atoms with Crippen molar-refractivity contribution < 1.29 is 23.1 Å². The number of hydrogen-bond donors (Lipinski definition) is 3. The highest BCUT2D eigenvalue weighted by Crippen LogP contribution is 2.31. The molecule has 0 bridgehead atoms. The molecule has 0 atom stereocenters. The van der Waals surface area contributed by atoms with E-state index in [1.165, 1.54) is 24.5 Å². The molecule has 0 spiro atoms. The molecular weight excluding hydrogens is 487 g/mol. The van der Waals surface area contributed by atoms with E-state index < -0.39 is 17.6 Å². The number of aliphatic hydroxyl groups excluding tert-OH is 1. The van der Waals surface area contributed by atoms with Gasteiger partial charge in [-0.25, -0.2) is 9.97 Å². The van der Waals surface area contributed by atoms with E-state index in [-0.39, 0.29) is 18.8 Å². The summed E-state index contributed by atoms with van der Waals surface area (Å²) in [6.07, 6.45) is -0.136. The van der Waals surface area contributed by atoms with Crippen molar-refractivity contribution in [2.45, 2.75) is 19.0 Å². The van der Waals surface area contributed by atoms with E-state index >= 15 is 0 Å². The summed E-state index contributed by atoms with van der Waals surface area (Å²) in [7, 11) is 0. The summed E-state index contributed by atoms with van der Waals surface area (Å²) in [4.78, 5) is 25.5. The van der Waals surface area contributed by atoms with Gasteiger partial charge in [0, 0.05) is 42.8 Å². The van der Waals surface area contributed by atoms with Crippen LogP contribution in [-0.2, 0) is 12.6 Å². The fourth-order valence-electron chi connectivity index (χ4n) is 3.57. The first-order valence-corrected chi connectivity index (χ1v) is 11.3. The SMILES string of the molecule is N#Cc1ccc(CCCNc2nc(-c3ccc(C(F)(F)F)cc3)cc3nc(C(=O)NCCO)cn23)nc1. The standard InChI is InChI=1S/C25H22F3N7O2/c26-25(27,28)18-6-4-17(5-7-18)20-12-22-33-21(23(37)30-10-11-36)15-35(22)24(34-20)31-9-1-2-19-8-3-16(13-29)14-32-19/h3-8,12,14-15,36H,1-2,9-11H2,(H,30,37)(H,31,34). The number of amides is 1. The lowest BCUT2D eigenvalue weighted by Crippen LogP contribution is -2.26. The number of benzene rings is 1. The van der Waals surface area contributed by atoms with E-state index in [1.54, 1.807) is 22.6 Å². The number of aryl methyl sites for hydroxylation is 1. The van der Waals surface area contributed by atoms with Gasteiger partial charge in [-0.05, 0) is 37.1 Å². The molecule has 3 aromatic heterocycles. The third-order valence-corrected chi connectivity index (χ3v) is 5.44. The fourth-order valence-corrected chi connectivity index (χ4v) is 3.57. The Morgan fingerprint density at radius 1 is 1.11 bits per heavy atom. The molecule has 0 radical (unpaired) electrons. The summed E-state index contributed by atoms with van der Waals surface area (Å²) in [6, 6.07) is 11.7. The summed E-state index contributed by atoms with van der Waals surface area (Å²) >= 11 is 0. The highest BCUT2D eigenvalue weighted by molar-refractivity contribution is 5.93. The molecule has 4 rings (SSSR count). The summed E-state index contributed by atoms with van der Waals surface area (Å²) in [5.74, 6) is -0.124. The molecule has 0 saturated heterocycles. The van der Waals surface area contributed by atoms with Gasteiger partial charge in [0.05, 0.1) is 23.4 Å². The maximum absolute atomic E-state index is 13.0. The second-order valence-corrected chi connectivity index (χ2v) is 8.05. The van der Waals surface area contributed by atoms with E-state index in [9.17, 15) is 18.0 Å². The molecule has 9 nitrogen and oxygen atoms in total. The molecule has 12 heteroatoms. The molecule has 3 heterocycles. The summed E-state index contributed by atoms with van der Waals surface area (Å²) < 4.78 is 40.5. The number of carbonyl (C=O) groups is 1. The number of imidazole rings is 1. The minimum absolute atomic E-state index is 0.0657. The molecule has 1 amide bonds. The quantitative estimate of drug-likeness (QED) is 0.295. The van der Waals surface area contributed by atoms with Crippen LogP contribution in [-0.4, -0.2) is 50.1 Å². The van der Waals surface area contributed by atoms with Gasteiger partial charge >= 0.3 is 6.18 Å². The summed E-state index contributed by atoms with van der Waals surface area (Å²) in [5.41, 5.74) is 1.84. The van der Waals surface area contributed by atoms with Crippen molar-refractivity contribution in [3.05, 3.63) is 77.4 Å². The number of aromatic nitrogens is 4. The molecule has 37 heavy (non-hydrogen) atoms. The molecule has 1 aromatic carbocycles. The van der Waals surface area contributed by atoms with Gasteiger partial charge in [-0.3, -0.25) is 14.2 Å². The van der Waals surface area contributed by atoms with Crippen LogP contribution < -0.4 is 10.6 Å². The Hall–Kier alpha value is -4.50. The van der Waals surface area contributed by atoms with Gasteiger partial charge in [-0.15, -0.1) is 0 Å². The molecule has 190 valence electrons. The third-order valence-electron chi connectivity index (χ3n) is 5.44. The van der Waals surface area contributed by atoms with Crippen molar-refractivity contribution in [3.8, 4) is 17.3 Å². The smallest absolute Gasteiger partial charge is 0.395 e. The van der Waals surface area contributed by atoms with Crippen molar-refractivity contribution in [2.75, 3.05) is 25.0 Å². The number of nitrogens with one attached hydrogen (secondary N) is 2. The number of hydrogen-bond acceptors (Lipinski definition) is 7. The van der Waals surface area contributed by atoms with Gasteiger partial charge < -0.3 is 15.7 Å². The van der Waals surface area contributed by atoms with Crippen LogP contribution in [0, 0.1) is 11.3 Å². The number of aliphatic hydroxyl groups is 1. The second-order valence-electron chi connectivity index (χ2n) is 8.05. The number of halogens is 3. The fraction of sp³-hybridized carbons (Fsp3) is 0.240. The Bertz CT molecular complexity index is 1430. The molecule has 0 unspecified atom stereocenters. The lowest BCUT2D eigenvalue weighted by atomic mass is 10.1. The Kier molecular flexibility index (Phi) is 7.64. The van der Waals surface area contributed by atoms with Gasteiger partial charge in [0.15, 0.2) is 0 Å². The number of pyridine rings is 1. The molecular formula is C25H22F3N7O2. The van der Waals surface area contributed by atoms with E-state index in [2.05, 4.69) is 25.6 Å². The first-order chi connectivity index (χ1) is 17.8. The molecule has 0 aliphatic carbocycles. The lowest BCUT2D eigenvalue weighted by molar-refractivity contribution is -0.137. The van der Waals surface area contributed by atoms with Gasteiger partial charge in [0.25, 0.3) is 5.91 Å². The van der Waals surface area contributed by atoms with Crippen molar-refractivity contribution in [1.29, 1.82) is 5.26 Å². The minimum atomic E-state index is -4.45. The Labute approximate surface area is 209 Å². The molecule has 0 aliphatic rings. The van der Waals surface area contributed by atoms with E-state index in [0.29, 0.717) is 47.8 Å². The third kappa shape index (κ3) is 6.20. The Morgan fingerprint density at radius 3 is 2.54 bits per heavy atom. The van der Waals surface area contributed by atoms with Crippen LogP contribution in [0.15, 0.2) is 54.9 Å². The van der Waals surface area contributed by atoms with Crippen LogP contribution in [0.25, 0.3) is 16.9 Å². The first-order valence-electron chi connectivity index (χ1n) is 11.3. The zero-order chi connectivity index (χ0) is 26.4. The lowest BCUT2D eigenvalue weighted by Gasteiger charge is -2.11. The van der Waals surface area contributed by atoms with Gasteiger partial charge in [-0.2, -0.15) is 18.4 Å². The van der Waals surface area contributed by atoms with Crippen LogP contribution in [0.2, 0.25) is 0 Å². The zero-order valence-corrected chi connectivity index (χ0v) is 19.5. The van der Waals surface area contributed by atoms with Gasteiger partial charge in [0.2, 0.25) is 5.95 Å². The van der Waals surface area contributed by atoms with Crippen LogP contribution in [0.5, 0.6) is 0 Å². The van der Waals surface area contributed by atoms with Crippen LogP contribution in [0.3, 0.4) is 0 Å². The minimum Gasteiger partial charge on any atom is -0.395 e. The Balaban J connectivity index is 1.59. The number of alkyl halides is 3. The normalized spacial score (nSPS) is 11.3. The number of nitriles is 1. The van der Waals surface area contributed by atoms with Gasteiger partial charge in [0.1, 0.15) is 17.4 Å². The molecule has 0 aliphatic heterocycles. The zero-order valence-electron chi connectivity index (χ0n) is 19.5. The maximum atomic E-state index is 13.0. The van der Waals surface area contributed by atoms with Crippen molar-refractivity contribution in [3.63, 3.8) is 0 Å². The van der Waals surface area contributed by atoms with Crippen molar-refractivity contribution in [2.24, 2.45) is 0 Å². The Morgan fingerprint density at radius 2 is 1.89 bits per heavy atom. The van der Waals surface area contributed by atoms with E-state index in [4.69, 9.17) is 10.4 Å². The predicted octanol–water partition coefficient (Wildman–Crippen LogP) is 3.45. The average Bonchev–Trinajstić information content (AvgIpc) is 3.34. The van der Waals surface area contributed by atoms with Crippen molar-refractivity contribution >= 4 is 17.5 Å². The highest BCUT2D eigenvalue weighted by atomic mass is 19.4. The van der Waals surface area contributed by atoms with Crippen LogP contribution in [0.4, 0.5) is 19.1 Å². The molecule has 0 saturated carbocycles. The topological polar surface area (TPSA) is 128 Å². The van der Waals surface area contributed by atoms with Crippen LogP contribution >= 0.6 is 0 Å². The monoisotopic (exact) mass is 509 g/mol. The number of nitrogens with zero attached hydrogens (tertiary/aromatic N) is 5. The number of rotatable bonds is 9. The maximum Gasteiger partial charge on any atom is 0.416 e. The number of anilines is 1. The van der Waals surface area contributed by atoms with Crippen LogP contribution in [0.1, 0.15) is 33.7 Å². The molecule has 0 fully saturated rings.